The minimum atomic E-state index is -0.695. The van der Waals surface area contributed by atoms with Gasteiger partial charge in [0.05, 0.1) is 5.41 Å². The number of halogens is 1. The number of carbonyl (C=O) groups is 1. The Morgan fingerprint density at radius 2 is 2.00 bits per heavy atom. The average molecular weight is 256 g/mol. The fraction of sp³-hybridized carbons (Fsp3) is 0.462. The summed E-state index contributed by atoms with van der Waals surface area (Å²) in [5.41, 5.74) is 1.38. The van der Waals surface area contributed by atoms with Crippen LogP contribution in [-0.4, -0.2) is 24.2 Å². The first-order valence-corrected chi connectivity index (χ1v) is 5.66. The van der Waals surface area contributed by atoms with Crippen LogP contribution in [0.25, 0.3) is 0 Å². The van der Waals surface area contributed by atoms with Crippen molar-refractivity contribution in [2.24, 2.45) is 0 Å². The van der Waals surface area contributed by atoms with Crippen LogP contribution >= 0.6 is 12.4 Å². The Morgan fingerprint density at radius 3 is 2.53 bits per heavy atom. The van der Waals surface area contributed by atoms with E-state index in [4.69, 9.17) is 0 Å². The van der Waals surface area contributed by atoms with Crippen LogP contribution in [0.4, 0.5) is 0 Å². The normalized spacial score (nSPS) is 18.2. The first kappa shape index (κ1) is 14.0. The van der Waals surface area contributed by atoms with Gasteiger partial charge in [-0.3, -0.25) is 4.79 Å². The number of carboxylic acids is 1. The summed E-state index contributed by atoms with van der Waals surface area (Å²) in [7, 11) is 0. The molecule has 0 bridgehead atoms. The summed E-state index contributed by atoms with van der Waals surface area (Å²) in [4.78, 5) is 11.6. The number of hydrogen-bond acceptors (Lipinski definition) is 2. The third kappa shape index (κ3) is 2.61. The maximum Gasteiger partial charge on any atom is 0.314 e. The number of aryl methyl sites for hydroxylation is 1. The molecule has 1 aliphatic heterocycles. The summed E-state index contributed by atoms with van der Waals surface area (Å²) >= 11 is 0. The summed E-state index contributed by atoms with van der Waals surface area (Å²) in [5, 5.41) is 12.7. The molecule has 1 saturated heterocycles. The first-order chi connectivity index (χ1) is 7.65. The SMILES string of the molecule is Cc1cccc(C2(C(=O)O)CCNCC2)c1.Cl. The second-order valence-electron chi connectivity index (χ2n) is 4.51. The largest absolute Gasteiger partial charge is 0.481 e. The molecule has 0 radical (unpaired) electrons. The summed E-state index contributed by atoms with van der Waals surface area (Å²) in [5.74, 6) is -0.695. The van der Waals surface area contributed by atoms with Crippen LogP contribution in [0.15, 0.2) is 24.3 Å². The predicted molar refractivity (Wildman–Crippen MR) is 69.8 cm³/mol. The molecule has 1 aromatic rings. The minimum Gasteiger partial charge on any atom is -0.481 e. The first-order valence-electron chi connectivity index (χ1n) is 5.66. The van der Waals surface area contributed by atoms with E-state index in [-0.39, 0.29) is 12.4 Å². The van der Waals surface area contributed by atoms with Crippen LogP contribution in [-0.2, 0) is 10.2 Å². The zero-order chi connectivity index (χ0) is 11.6. The Balaban J connectivity index is 0.00000144. The summed E-state index contributed by atoms with van der Waals surface area (Å²) in [6, 6.07) is 7.88. The van der Waals surface area contributed by atoms with E-state index in [1.165, 1.54) is 0 Å². The van der Waals surface area contributed by atoms with Crippen LogP contribution in [0, 0.1) is 6.92 Å². The molecule has 0 atom stereocenters. The topological polar surface area (TPSA) is 49.3 Å². The molecular weight excluding hydrogens is 238 g/mol. The molecule has 2 rings (SSSR count). The van der Waals surface area contributed by atoms with E-state index in [2.05, 4.69) is 5.32 Å². The van der Waals surface area contributed by atoms with Gasteiger partial charge in [-0.05, 0) is 38.4 Å². The lowest BCUT2D eigenvalue weighted by molar-refractivity contribution is -0.145. The lowest BCUT2D eigenvalue weighted by Crippen LogP contribution is -2.45. The molecule has 0 aliphatic carbocycles. The van der Waals surface area contributed by atoms with Crippen LogP contribution in [0.5, 0.6) is 0 Å². The Kier molecular flexibility index (Phi) is 4.54. The Morgan fingerprint density at radius 1 is 1.35 bits per heavy atom. The lowest BCUT2D eigenvalue weighted by atomic mass is 9.73. The van der Waals surface area contributed by atoms with Gasteiger partial charge in [-0.1, -0.05) is 29.8 Å². The second-order valence-corrected chi connectivity index (χ2v) is 4.51. The standard InChI is InChI=1S/C13H17NO2.ClH/c1-10-3-2-4-11(9-10)13(12(15)16)5-7-14-8-6-13;/h2-4,9,14H,5-8H2,1H3,(H,15,16);1H. The van der Waals surface area contributed by atoms with E-state index < -0.39 is 11.4 Å². The van der Waals surface area contributed by atoms with Crippen LogP contribution in [0.1, 0.15) is 24.0 Å². The van der Waals surface area contributed by atoms with Gasteiger partial charge in [0.1, 0.15) is 0 Å². The Hall–Kier alpha value is -1.06. The quantitative estimate of drug-likeness (QED) is 0.851. The zero-order valence-corrected chi connectivity index (χ0v) is 10.7. The van der Waals surface area contributed by atoms with Crippen LogP contribution in [0.3, 0.4) is 0 Å². The summed E-state index contributed by atoms with van der Waals surface area (Å²) in [6.07, 6.45) is 1.34. The number of rotatable bonds is 2. The summed E-state index contributed by atoms with van der Waals surface area (Å²) in [6.45, 7) is 3.56. The number of nitrogens with one attached hydrogen (secondary N) is 1. The van der Waals surface area contributed by atoms with E-state index in [0.717, 1.165) is 24.2 Å². The van der Waals surface area contributed by atoms with Gasteiger partial charge in [0.15, 0.2) is 0 Å². The monoisotopic (exact) mass is 255 g/mol. The molecule has 1 heterocycles. The number of benzene rings is 1. The number of piperidine rings is 1. The highest BCUT2D eigenvalue weighted by Gasteiger charge is 2.41. The van der Waals surface area contributed by atoms with Gasteiger partial charge in [-0.2, -0.15) is 0 Å². The van der Waals surface area contributed by atoms with E-state index in [1.807, 2.05) is 31.2 Å². The number of aliphatic carboxylic acids is 1. The molecule has 1 fully saturated rings. The van der Waals surface area contributed by atoms with Gasteiger partial charge in [0, 0.05) is 0 Å². The second kappa shape index (κ2) is 5.52. The molecule has 1 aromatic carbocycles. The zero-order valence-electron chi connectivity index (χ0n) is 9.90. The van der Waals surface area contributed by atoms with Gasteiger partial charge >= 0.3 is 5.97 Å². The highest BCUT2D eigenvalue weighted by molar-refractivity contribution is 5.85. The van der Waals surface area contributed by atoms with Crippen LogP contribution in [0.2, 0.25) is 0 Å². The fourth-order valence-electron chi connectivity index (χ4n) is 2.42. The van der Waals surface area contributed by atoms with Gasteiger partial charge < -0.3 is 10.4 Å². The molecule has 0 unspecified atom stereocenters. The van der Waals surface area contributed by atoms with Gasteiger partial charge in [-0.25, -0.2) is 0 Å². The maximum atomic E-state index is 11.6. The van der Waals surface area contributed by atoms with Crippen molar-refractivity contribution in [1.82, 2.24) is 5.32 Å². The third-order valence-corrected chi connectivity index (χ3v) is 3.44. The van der Waals surface area contributed by atoms with Crippen molar-refractivity contribution in [3.63, 3.8) is 0 Å². The van der Waals surface area contributed by atoms with Crippen molar-refractivity contribution in [1.29, 1.82) is 0 Å². The van der Waals surface area contributed by atoms with Gasteiger partial charge in [0.25, 0.3) is 0 Å². The molecular formula is C13H18ClNO2. The molecule has 0 saturated carbocycles. The molecule has 3 nitrogen and oxygen atoms in total. The number of hydrogen-bond donors (Lipinski definition) is 2. The molecule has 0 spiro atoms. The maximum absolute atomic E-state index is 11.6. The molecule has 17 heavy (non-hydrogen) atoms. The van der Waals surface area contributed by atoms with E-state index in [1.54, 1.807) is 0 Å². The van der Waals surface area contributed by atoms with Crippen molar-refractivity contribution < 1.29 is 9.90 Å². The summed E-state index contributed by atoms with van der Waals surface area (Å²) < 4.78 is 0. The van der Waals surface area contributed by atoms with Crippen molar-refractivity contribution >= 4 is 18.4 Å². The van der Waals surface area contributed by atoms with Gasteiger partial charge in [0.2, 0.25) is 0 Å². The predicted octanol–water partition coefficient (Wildman–Crippen LogP) is 2.12. The van der Waals surface area contributed by atoms with Crippen LogP contribution < -0.4 is 5.32 Å². The van der Waals surface area contributed by atoms with E-state index in [9.17, 15) is 9.90 Å². The Labute approximate surface area is 108 Å². The molecule has 0 amide bonds. The molecule has 4 heteroatoms. The minimum absolute atomic E-state index is 0. The smallest absolute Gasteiger partial charge is 0.314 e. The highest BCUT2D eigenvalue weighted by Crippen LogP contribution is 2.34. The van der Waals surface area contributed by atoms with Crippen molar-refractivity contribution in [3.8, 4) is 0 Å². The molecule has 0 aromatic heterocycles. The van der Waals surface area contributed by atoms with Crippen molar-refractivity contribution in [2.45, 2.75) is 25.2 Å². The lowest BCUT2D eigenvalue weighted by Gasteiger charge is -2.34. The average Bonchev–Trinajstić information content (AvgIpc) is 2.30. The molecule has 94 valence electrons. The van der Waals surface area contributed by atoms with Crippen molar-refractivity contribution in [3.05, 3.63) is 35.4 Å². The van der Waals surface area contributed by atoms with E-state index in [0.29, 0.717) is 12.8 Å². The third-order valence-electron chi connectivity index (χ3n) is 3.44. The highest BCUT2D eigenvalue weighted by atomic mass is 35.5. The van der Waals surface area contributed by atoms with Crippen molar-refractivity contribution in [2.75, 3.05) is 13.1 Å². The number of carboxylic acid groups (broad SMARTS) is 1. The Bertz CT molecular complexity index is 400. The molecule has 1 aliphatic rings. The molecule has 2 N–H and O–H groups in total. The van der Waals surface area contributed by atoms with Gasteiger partial charge in [-0.15, -0.1) is 12.4 Å². The fourth-order valence-corrected chi connectivity index (χ4v) is 2.42. The van der Waals surface area contributed by atoms with E-state index >= 15 is 0 Å².